The topological polar surface area (TPSA) is 93.2 Å². The van der Waals surface area contributed by atoms with E-state index in [2.05, 4.69) is 17.4 Å². The molecule has 8 nitrogen and oxygen atoms in total. The van der Waals surface area contributed by atoms with Crippen molar-refractivity contribution in [3.63, 3.8) is 0 Å². The summed E-state index contributed by atoms with van der Waals surface area (Å²) in [4.78, 5) is 41.6. The van der Waals surface area contributed by atoms with Crippen molar-refractivity contribution in [2.45, 2.75) is 25.7 Å². The molecule has 0 unspecified atom stereocenters. The molecule has 1 aromatic rings. The Hall–Kier alpha value is -2.61. The van der Waals surface area contributed by atoms with Crippen LogP contribution in [0.15, 0.2) is 18.2 Å². The van der Waals surface area contributed by atoms with Crippen molar-refractivity contribution in [2.75, 3.05) is 50.7 Å². The number of likely N-dealkylation sites (tertiary alicyclic amines) is 1. The molecule has 29 heavy (non-hydrogen) atoms. The number of hydrogen-bond acceptors (Lipinski definition) is 4. The van der Waals surface area contributed by atoms with E-state index < -0.39 is 5.97 Å². The van der Waals surface area contributed by atoms with Crippen LogP contribution in [0, 0.1) is 5.92 Å². The van der Waals surface area contributed by atoms with Crippen molar-refractivity contribution >= 4 is 23.6 Å². The fourth-order valence-corrected chi connectivity index (χ4v) is 4.44. The molecule has 0 aromatic heterocycles. The van der Waals surface area contributed by atoms with Crippen LogP contribution in [-0.4, -0.2) is 78.6 Å². The predicted molar refractivity (Wildman–Crippen MR) is 108 cm³/mol. The van der Waals surface area contributed by atoms with E-state index in [0.717, 1.165) is 31.6 Å². The lowest BCUT2D eigenvalue weighted by atomic mass is 9.97. The molecular weight excluding hydrogens is 372 g/mol. The second kappa shape index (κ2) is 8.41. The van der Waals surface area contributed by atoms with E-state index in [4.69, 9.17) is 5.11 Å². The number of benzene rings is 1. The van der Waals surface area contributed by atoms with Crippen LogP contribution in [0.25, 0.3) is 0 Å². The summed E-state index contributed by atoms with van der Waals surface area (Å²) in [6.07, 6.45) is 2.92. The molecule has 1 aromatic carbocycles. The van der Waals surface area contributed by atoms with Gasteiger partial charge in [0.1, 0.15) is 6.54 Å². The van der Waals surface area contributed by atoms with Gasteiger partial charge in [-0.3, -0.25) is 14.5 Å². The van der Waals surface area contributed by atoms with E-state index in [-0.39, 0.29) is 24.4 Å². The van der Waals surface area contributed by atoms with Crippen LogP contribution in [0.4, 0.5) is 10.5 Å². The summed E-state index contributed by atoms with van der Waals surface area (Å²) in [6, 6.07) is 6.10. The molecule has 0 radical (unpaired) electrons. The number of anilines is 1. The van der Waals surface area contributed by atoms with Crippen molar-refractivity contribution < 1.29 is 19.5 Å². The number of carboxylic acid groups (broad SMARTS) is 1. The monoisotopic (exact) mass is 400 g/mol. The number of aliphatic carboxylic acids is 1. The maximum Gasteiger partial charge on any atom is 0.325 e. The van der Waals surface area contributed by atoms with Gasteiger partial charge < -0.3 is 20.2 Å². The Morgan fingerprint density at radius 2 is 1.76 bits per heavy atom. The van der Waals surface area contributed by atoms with Crippen molar-refractivity contribution in [3.8, 4) is 0 Å². The average Bonchev–Trinajstić information content (AvgIpc) is 2.93. The minimum absolute atomic E-state index is 0.0575. The molecule has 0 spiro atoms. The lowest BCUT2D eigenvalue weighted by Crippen LogP contribution is -2.46. The van der Waals surface area contributed by atoms with E-state index >= 15 is 0 Å². The Bertz CT molecular complexity index is 804. The summed E-state index contributed by atoms with van der Waals surface area (Å²) in [5.41, 5.74) is 3.52. The largest absolute Gasteiger partial charge is 0.481 e. The average molecular weight is 400 g/mol. The third-order valence-corrected chi connectivity index (χ3v) is 6.26. The second-order valence-corrected chi connectivity index (χ2v) is 8.05. The van der Waals surface area contributed by atoms with Crippen molar-refractivity contribution in [3.05, 3.63) is 29.3 Å². The maximum absolute atomic E-state index is 12.9. The van der Waals surface area contributed by atoms with Gasteiger partial charge in [0, 0.05) is 31.9 Å². The summed E-state index contributed by atoms with van der Waals surface area (Å²) in [5, 5.41) is 12.5. The first-order valence-corrected chi connectivity index (χ1v) is 10.4. The van der Waals surface area contributed by atoms with Crippen molar-refractivity contribution in [1.82, 2.24) is 15.1 Å². The van der Waals surface area contributed by atoms with Gasteiger partial charge in [0.05, 0.1) is 5.92 Å². The maximum atomic E-state index is 12.9. The van der Waals surface area contributed by atoms with E-state index in [1.165, 1.54) is 11.1 Å². The SMILES string of the molecule is O=C(O)C1CCN(C(=O)CN2CCN(c3ccc4c(c3)CCNCC4)C2=O)CC1. The van der Waals surface area contributed by atoms with Crippen LogP contribution in [0.2, 0.25) is 0 Å². The summed E-state index contributed by atoms with van der Waals surface area (Å²) in [6.45, 7) is 3.97. The highest BCUT2D eigenvalue weighted by molar-refractivity contribution is 5.96. The first kappa shape index (κ1) is 19.7. The number of hydrogen-bond donors (Lipinski definition) is 2. The summed E-state index contributed by atoms with van der Waals surface area (Å²) >= 11 is 0. The number of carbonyl (C=O) groups is 3. The van der Waals surface area contributed by atoms with Gasteiger partial charge in [-0.1, -0.05) is 6.07 Å². The number of fused-ring (bicyclic) bond motifs is 1. The van der Waals surface area contributed by atoms with Gasteiger partial charge in [0.2, 0.25) is 5.91 Å². The molecule has 156 valence electrons. The number of nitrogens with one attached hydrogen (secondary N) is 1. The normalized spacial score (nSPS) is 20.6. The molecule has 3 amide bonds. The third-order valence-electron chi connectivity index (χ3n) is 6.26. The molecule has 3 aliphatic rings. The molecule has 2 N–H and O–H groups in total. The Labute approximate surface area is 170 Å². The molecule has 0 saturated carbocycles. The van der Waals surface area contributed by atoms with E-state index in [1.54, 1.807) is 14.7 Å². The molecule has 2 fully saturated rings. The third kappa shape index (κ3) is 4.22. The minimum Gasteiger partial charge on any atom is -0.481 e. The second-order valence-electron chi connectivity index (χ2n) is 8.05. The Morgan fingerprint density at radius 3 is 2.48 bits per heavy atom. The van der Waals surface area contributed by atoms with Crippen LogP contribution in [0.1, 0.15) is 24.0 Å². The Balaban J connectivity index is 1.36. The van der Waals surface area contributed by atoms with Crippen LogP contribution in [0.5, 0.6) is 0 Å². The summed E-state index contributed by atoms with van der Waals surface area (Å²) in [5.74, 6) is -1.26. The van der Waals surface area contributed by atoms with Gasteiger partial charge in [0.25, 0.3) is 0 Å². The fourth-order valence-electron chi connectivity index (χ4n) is 4.44. The highest BCUT2D eigenvalue weighted by atomic mass is 16.4. The Morgan fingerprint density at radius 1 is 1.03 bits per heavy atom. The fraction of sp³-hybridized carbons (Fsp3) is 0.571. The quantitative estimate of drug-likeness (QED) is 0.785. The molecule has 3 heterocycles. The molecule has 8 heteroatoms. The zero-order chi connectivity index (χ0) is 20.4. The van der Waals surface area contributed by atoms with Gasteiger partial charge in [-0.05, 0) is 62.0 Å². The molecule has 0 atom stereocenters. The molecule has 4 rings (SSSR count). The van der Waals surface area contributed by atoms with Crippen LogP contribution in [-0.2, 0) is 22.4 Å². The molecular formula is C21H28N4O4. The molecule has 0 bridgehead atoms. The predicted octanol–water partition coefficient (Wildman–Crippen LogP) is 0.940. The number of piperidine rings is 1. The molecule has 3 aliphatic heterocycles. The molecule has 0 aliphatic carbocycles. The van der Waals surface area contributed by atoms with Crippen LogP contribution < -0.4 is 10.2 Å². The van der Waals surface area contributed by atoms with Gasteiger partial charge in [-0.25, -0.2) is 4.79 Å². The van der Waals surface area contributed by atoms with Gasteiger partial charge >= 0.3 is 12.0 Å². The Kier molecular flexibility index (Phi) is 5.71. The highest BCUT2D eigenvalue weighted by Crippen LogP contribution is 2.25. The smallest absolute Gasteiger partial charge is 0.325 e. The minimum atomic E-state index is -0.793. The number of urea groups is 1. The first-order valence-electron chi connectivity index (χ1n) is 10.4. The van der Waals surface area contributed by atoms with Gasteiger partial charge in [-0.15, -0.1) is 0 Å². The van der Waals surface area contributed by atoms with Crippen molar-refractivity contribution in [2.24, 2.45) is 5.92 Å². The lowest BCUT2D eigenvalue weighted by molar-refractivity contribution is -0.145. The standard InChI is InChI=1S/C21H28N4O4/c26-19(23-9-5-16(6-10-23)20(27)28)14-24-11-12-25(21(24)29)18-2-1-15-3-7-22-8-4-17(15)13-18/h1-2,13,16,22H,3-12,14H2,(H,27,28). The van der Waals surface area contributed by atoms with Crippen molar-refractivity contribution in [1.29, 1.82) is 0 Å². The van der Waals surface area contributed by atoms with Crippen LogP contribution in [0.3, 0.4) is 0 Å². The number of rotatable bonds is 4. The summed E-state index contributed by atoms with van der Waals surface area (Å²) < 4.78 is 0. The van der Waals surface area contributed by atoms with E-state index in [9.17, 15) is 14.4 Å². The lowest BCUT2D eigenvalue weighted by Gasteiger charge is -2.31. The van der Waals surface area contributed by atoms with Gasteiger partial charge in [-0.2, -0.15) is 0 Å². The number of carboxylic acids is 1. The zero-order valence-electron chi connectivity index (χ0n) is 16.6. The highest BCUT2D eigenvalue weighted by Gasteiger charge is 2.33. The molecule has 2 saturated heterocycles. The zero-order valence-corrected chi connectivity index (χ0v) is 16.6. The van der Waals surface area contributed by atoms with Crippen LogP contribution >= 0.6 is 0 Å². The first-order chi connectivity index (χ1) is 14.0. The van der Waals surface area contributed by atoms with Gasteiger partial charge in [0.15, 0.2) is 0 Å². The number of carbonyl (C=O) groups excluding carboxylic acids is 2. The number of amides is 3. The van der Waals surface area contributed by atoms with E-state index in [1.807, 2.05) is 6.07 Å². The van der Waals surface area contributed by atoms with E-state index in [0.29, 0.717) is 39.0 Å². The summed E-state index contributed by atoms with van der Waals surface area (Å²) in [7, 11) is 0. The number of nitrogens with zero attached hydrogens (tertiary/aromatic N) is 3.